The Morgan fingerprint density at radius 2 is 2.13 bits per heavy atom. The molecule has 0 radical (unpaired) electrons. The van der Waals surface area contributed by atoms with E-state index in [2.05, 4.69) is 0 Å². The van der Waals surface area contributed by atoms with E-state index in [4.69, 9.17) is 11.6 Å². The van der Waals surface area contributed by atoms with E-state index in [0.29, 0.717) is 4.90 Å². The summed E-state index contributed by atoms with van der Waals surface area (Å²) < 4.78 is 12.0. The summed E-state index contributed by atoms with van der Waals surface area (Å²) in [6.07, 6.45) is 0. The summed E-state index contributed by atoms with van der Waals surface area (Å²) in [4.78, 5) is 35.3. The van der Waals surface area contributed by atoms with E-state index in [1.165, 1.54) is 0 Å². The van der Waals surface area contributed by atoms with E-state index in [1.807, 2.05) is 0 Å². The molecule has 84 valence electrons. The molecule has 0 aromatic heterocycles. The summed E-state index contributed by atoms with van der Waals surface area (Å²) in [7, 11) is 0. The smallest absolute Gasteiger partial charge is 0.323 e. The average Bonchev–Trinajstić information content (AvgIpc) is 2.13. The molecule has 5 nitrogen and oxygen atoms in total. The Kier molecular flexibility index (Phi) is 3.62. The van der Waals surface area contributed by atoms with Crippen molar-refractivity contribution in [3.05, 3.63) is 0 Å². The van der Waals surface area contributed by atoms with Gasteiger partial charge in [-0.1, -0.05) is 0 Å². The third-order valence-corrected chi connectivity index (χ3v) is 2.34. The molecule has 0 spiro atoms. The topological polar surface area (TPSA) is 57.7 Å². The van der Waals surface area contributed by atoms with Crippen LogP contribution in [0.1, 0.15) is 6.92 Å². The fourth-order valence-corrected chi connectivity index (χ4v) is 1.71. The second-order valence-corrected chi connectivity index (χ2v) is 3.54. The molecule has 0 saturated carbocycles. The van der Waals surface area contributed by atoms with Gasteiger partial charge in [0.1, 0.15) is 6.67 Å². The van der Waals surface area contributed by atoms with Gasteiger partial charge in [-0.05, 0) is 18.5 Å². The molecular weight excluding hydrogens is 227 g/mol. The van der Waals surface area contributed by atoms with Crippen molar-refractivity contribution in [2.75, 3.05) is 19.8 Å². The molecule has 3 amide bonds. The van der Waals surface area contributed by atoms with E-state index < -0.39 is 29.9 Å². The third-order valence-electron chi connectivity index (χ3n) is 2.16. The molecule has 1 fully saturated rings. The number of carbonyl (C=O) groups is 3. The minimum absolute atomic E-state index is 0.118. The SMILES string of the molecule is CC1CN(CCF)C(=O)C(=O)N1C(=O)Cl. The van der Waals surface area contributed by atoms with Crippen molar-refractivity contribution in [2.24, 2.45) is 0 Å². The van der Waals surface area contributed by atoms with Gasteiger partial charge in [0.15, 0.2) is 0 Å². The summed E-state index contributed by atoms with van der Waals surface area (Å²) in [6, 6.07) is -0.522. The molecule has 0 aromatic carbocycles. The van der Waals surface area contributed by atoms with E-state index in [1.54, 1.807) is 6.92 Å². The molecule has 1 saturated heterocycles. The van der Waals surface area contributed by atoms with Crippen molar-refractivity contribution >= 4 is 28.8 Å². The van der Waals surface area contributed by atoms with Crippen LogP contribution in [0.4, 0.5) is 9.18 Å². The second-order valence-electron chi connectivity index (χ2n) is 3.22. The maximum atomic E-state index is 12.0. The number of imide groups is 1. The molecule has 1 unspecified atom stereocenters. The molecule has 15 heavy (non-hydrogen) atoms. The van der Waals surface area contributed by atoms with Gasteiger partial charge in [0.25, 0.3) is 0 Å². The minimum atomic E-state index is -0.998. The Labute approximate surface area is 90.8 Å². The Morgan fingerprint density at radius 1 is 1.53 bits per heavy atom. The quantitative estimate of drug-likeness (QED) is 0.396. The molecule has 1 heterocycles. The summed E-state index contributed by atoms with van der Waals surface area (Å²) in [5.74, 6) is -1.89. The Balaban J connectivity index is 2.84. The third kappa shape index (κ3) is 2.26. The Hall–Kier alpha value is -1.17. The predicted octanol–water partition coefficient (Wildman–Crippen LogP) is 0.374. The van der Waals surface area contributed by atoms with Gasteiger partial charge in [0, 0.05) is 13.1 Å². The normalized spacial score (nSPS) is 22.2. The molecule has 1 rings (SSSR count). The second kappa shape index (κ2) is 4.57. The Morgan fingerprint density at radius 3 is 2.60 bits per heavy atom. The van der Waals surface area contributed by atoms with Crippen molar-refractivity contribution in [1.82, 2.24) is 9.80 Å². The van der Waals surface area contributed by atoms with E-state index in [9.17, 15) is 18.8 Å². The lowest BCUT2D eigenvalue weighted by atomic mass is 10.2. The van der Waals surface area contributed by atoms with Gasteiger partial charge < -0.3 is 4.90 Å². The summed E-state index contributed by atoms with van der Waals surface area (Å²) in [5.41, 5.74) is 0. The highest BCUT2D eigenvalue weighted by molar-refractivity contribution is 6.65. The average molecular weight is 237 g/mol. The largest absolute Gasteiger partial charge is 0.330 e. The van der Waals surface area contributed by atoms with E-state index >= 15 is 0 Å². The van der Waals surface area contributed by atoms with Crippen LogP contribution in [0.25, 0.3) is 0 Å². The van der Waals surface area contributed by atoms with Gasteiger partial charge in [-0.3, -0.25) is 19.3 Å². The minimum Gasteiger partial charge on any atom is -0.330 e. The number of rotatable bonds is 2. The van der Waals surface area contributed by atoms with Crippen LogP contribution in [0.3, 0.4) is 0 Å². The Bertz CT molecular complexity index is 310. The maximum Gasteiger partial charge on any atom is 0.323 e. The first-order chi connectivity index (χ1) is 6.99. The highest BCUT2D eigenvalue weighted by Crippen LogP contribution is 2.14. The maximum absolute atomic E-state index is 12.0. The molecule has 0 bridgehead atoms. The van der Waals surface area contributed by atoms with Crippen LogP contribution in [0, 0.1) is 0 Å². The van der Waals surface area contributed by atoms with Crippen LogP contribution < -0.4 is 0 Å². The molecular formula is C8H10ClFN2O3. The number of piperazine rings is 1. The molecule has 7 heteroatoms. The van der Waals surface area contributed by atoms with Crippen LogP contribution in [-0.4, -0.2) is 52.8 Å². The summed E-state index contributed by atoms with van der Waals surface area (Å²) in [5, 5.41) is -0.985. The predicted molar refractivity (Wildman–Crippen MR) is 50.1 cm³/mol. The zero-order valence-corrected chi connectivity index (χ0v) is 8.83. The van der Waals surface area contributed by atoms with Crippen LogP contribution in [0.15, 0.2) is 0 Å². The monoisotopic (exact) mass is 236 g/mol. The lowest BCUT2D eigenvalue weighted by Crippen LogP contribution is -2.59. The number of nitrogens with zero attached hydrogens (tertiary/aromatic N) is 2. The van der Waals surface area contributed by atoms with Crippen LogP contribution in [0.2, 0.25) is 0 Å². The number of amides is 3. The van der Waals surface area contributed by atoms with Crippen LogP contribution in [0.5, 0.6) is 0 Å². The lowest BCUT2D eigenvalue weighted by molar-refractivity contribution is -0.155. The molecule has 0 aromatic rings. The molecule has 1 atom stereocenters. The number of hydrogen-bond donors (Lipinski definition) is 0. The number of halogens is 2. The fourth-order valence-electron chi connectivity index (χ4n) is 1.47. The molecule has 0 N–H and O–H groups in total. The van der Waals surface area contributed by atoms with Crippen molar-refractivity contribution in [3.63, 3.8) is 0 Å². The van der Waals surface area contributed by atoms with Crippen LogP contribution in [-0.2, 0) is 9.59 Å². The van der Waals surface area contributed by atoms with Gasteiger partial charge in [-0.15, -0.1) is 0 Å². The van der Waals surface area contributed by atoms with Gasteiger partial charge in [-0.2, -0.15) is 0 Å². The zero-order chi connectivity index (χ0) is 11.6. The highest BCUT2D eigenvalue weighted by Gasteiger charge is 2.39. The van der Waals surface area contributed by atoms with Crippen molar-refractivity contribution in [1.29, 1.82) is 0 Å². The van der Waals surface area contributed by atoms with Gasteiger partial charge in [-0.25, -0.2) is 4.39 Å². The first-order valence-electron chi connectivity index (χ1n) is 4.37. The van der Waals surface area contributed by atoms with Gasteiger partial charge >= 0.3 is 17.2 Å². The van der Waals surface area contributed by atoms with E-state index in [0.717, 1.165) is 4.90 Å². The van der Waals surface area contributed by atoms with Crippen molar-refractivity contribution < 1.29 is 18.8 Å². The summed E-state index contributed by atoms with van der Waals surface area (Å²) in [6.45, 7) is 0.822. The first-order valence-corrected chi connectivity index (χ1v) is 4.74. The number of carbonyl (C=O) groups excluding carboxylic acids is 3. The summed E-state index contributed by atoms with van der Waals surface area (Å²) >= 11 is 5.16. The van der Waals surface area contributed by atoms with Crippen molar-refractivity contribution in [2.45, 2.75) is 13.0 Å². The van der Waals surface area contributed by atoms with Crippen LogP contribution >= 0.6 is 11.6 Å². The first kappa shape index (κ1) is 11.9. The molecule has 1 aliphatic heterocycles. The lowest BCUT2D eigenvalue weighted by Gasteiger charge is -2.35. The number of alkyl halides is 1. The zero-order valence-electron chi connectivity index (χ0n) is 8.07. The number of hydrogen-bond acceptors (Lipinski definition) is 3. The fraction of sp³-hybridized carbons (Fsp3) is 0.625. The molecule has 0 aliphatic carbocycles. The van der Waals surface area contributed by atoms with Gasteiger partial charge in [0.2, 0.25) is 0 Å². The standard InChI is InChI=1S/C8H10ClFN2O3/c1-5-4-11(3-2-10)6(13)7(14)12(5)8(9)15/h5H,2-4H2,1H3. The van der Waals surface area contributed by atoms with E-state index in [-0.39, 0.29) is 13.1 Å². The van der Waals surface area contributed by atoms with Crippen molar-refractivity contribution in [3.8, 4) is 0 Å². The molecule has 1 aliphatic rings. The van der Waals surface area contributed by atoms with Gasteiger partial charge in [0.05, 0.1) is 6.04 Å². The highest BCUT2D eigenvalue weighted by atomic mass is 35.5.